The van der Waals surface area contributed by atoms with Crippen molar-refractivity contribution in [3.63, 3.8) is 0 Å². The van der Waals surface area contributed by atoms with Crippen molar-refractivity contribution in [3.8, 4) is 16.8 Å². The molecule has 0 saturated carbocycles. The maximum atomic E-state index is 6.65. The zero-order valence-electron chi connectivity index (χ0n) is 28.1. The molecule has 12 rings (SSSR count). The van der Waals surface area contributed by atoms with Crippen molar-refractivity contribution in [1.82, 2.24) is 4.57 Å². The van der Waals surface area contributed by atoms with Gasteiger partial charge in [-0.25, -0.2) is 0 Å². The number of fused-ring (bicyclic) bond motifs is 14. The van der Waals surface area contributed by atoms with Gasteiger partial charge in [0.25, 0.3) is 0 Å². The molecule has 0 fully saturated rings. The van der Waals surface area contributed by atoms with Gasteiger partial charge in [-0.3, -0.25) is 0 Å². The monoisotopic (exact) mass is 679 g/mol. The van der Waals surface area contributed by atoms with Crippen LogP contribution in [0.15, 0.2) is 186 Å². The summed E-state index contributed by atoms with van der Waals surface area (Å²) < 4.78 is 9.17. The lowest BCUT2D eigenvalue weighted by molar-refractivity contribution is 0.670. The molecule has 3 heteroatoms. The second kappa shape index (κ2) is 10.4. The van der Waals surface area contributed by atoms with Crippen molar-refractivity contribution in [2.24, 2.45) is 0 Å². The maximum Gasteiger partial charge on any atom is 0.143 e. The van der Waals surface area contributed by atoms with Crippen molar-refractivity contribution in [1.29, 1.82) is 0 Å². The molecule has 52 heavy (non-hydrogen) atoms. The maximum absolute atomic E-state index is 6.65. The molecule has 0 N–H and O–H groups in total. The van der Waals surface area contributed by atoms with E-state index in [1.807, 2.05) is 0 Å². The standard InChI is InChI=1S/C49H30NOP/c1-2-14-32(15-3-1)52-45-27-11-7-22-39(45)49(38-21-6-9-25-43(38)50-42-24-8-4-16-34(42)36-19-13-23-40(49)47(36)50)41-30-31(28-29-46(41)52)33-18-12-20-37-35-17-5-10-26-44(35)51-48(33)37/h1-30H. The number of para-hydroxylation sites is 5. The quantitative estimate of drug-likeness (QED) is 0.166. The highest BCUT2D eigenvalue weighted by Crippen LogP contribution is 2.59. The van der Waals surface area contributed by atoms with Gasteiger partial charge in [-0.2, -0.15) is 0 Å². The van der Waals surface area contributed by atoms with Crippen LogP contribution < -0.4 is 15.9 Å². The van der Waals surface area contributed by atoms with E-state index in [2.05, 4.69) is 187 Å². The van der Waals surface area contributed by atoms with Crippen LogP contribution in [-0.4, -0.2) is 4.57 Å². The second-order valence-corrected chi connectivity index (χ2v) is 16.2. The largest absolute Gasteiger partial charge is 0.455 e. The van der Waals surface area contributed by atoms with Crippen LogP contribution in [0.4, 0.5) is 0 Å². The van der Waals surface area contributed by atoms with Crippen LogP contribution >= 0.6 is 7.92 Å². The van der Waals surface area contributed by atoms with Crippen LogP contribution in [0.25, 0.3) is 60.6 Å². The number of hydrogen-bond acceptors (Lipinski definition) is 1. The molecule has 10 aromatic rings. The van der Waals surface area contributed by atoms with Gasteiger partial charge in [-0.05, 0) is 75.9 Å². The van der Waals surface area contributed by atoms with Gasteiger partial charge in [0.1, 0.15) is 11.2 Å². The summed E-state index contributed by atoms with van der Waals surface area (Å²) in [7, 11) is -0.847. The molecule has 8 aromatic carbocycles. The fourth-order valence-electron chi connectivity index (χ4n) is 9.57. The molecule has 2 aromatic heterocycles. The number of aromatic nitrogens is 1. The van der Waals surface area contributed by atoms with Gasteiger partial charge < -0.3 is 8.98 Å². The molecule has 2 atom stereocenters. The van der Waals surface area contributed by atoms with Crippen LogP contribution in [0.3, 0.4) is 0 Å². The van der Waals surface area contributed by atoms with Gasteiger partial charge in [-0.15, -0.1) is 0 Å². The third-order valence-corrected chi connectivity index (χ3v) is 14.1. The molecule has 0 bridgehead atoms. The van der Waals surface area contributed by atoms with Crippen molar-refractivity contribution in [2.75, 3.05) is 0 Å². The fraction of sp³-hybridized carbons (Fsp3) is 0.0204. The SMILES string of the molecule is c1ccc(P2c3ccccc3C3(c4ccccc4-n4c5ccccc5c5cccc3c54)c3cc(-c4cccc5c4oc4ccccc45)ccc32)cc1. The summed E-state index contributed by atoms with van der Waals surface area (Å²) in [5.74, 6) is 0. The van der Waals surface area contributed by atoms with Gasteiger partial charge in [0.05, 0.1) is 22.1 Å². The average molecular weight is 680 g/mol. The van der Waals surface area contributed by atoms with E-state index in [1.54, 1.807) is 0 Å². The Morgan fingerprint density at radius 3 is 2.06 bits per heavy atom. The molecule has 0 aliphatic carbocycles. The Morgan fingerprint density at radius 2 is 1.13 bits per heavy atom. The first-order valence-electron chi connectivity index (χ1n) is 17.9. The first kappa shape index (κ1) is 28.5. The van der Waals surface area contributed by atoms with Crippen molar-refractivity contribution < 1.29 is 4.42 Å². The van der Waals surface area contributed by atoms with E-state index in [4.69, 9.17) is 4.42 Å². The summed E-state index contributed by atoms with van der Waals surface area (Å²) in [6, 6.07) is 67.7. The molecule has 2 aliphatic heterocycles. The van der Waals surface area contributed by atoms with Crippen LogP contribution in [0, 0.1) is 0 Å². The number of rotatable bonds is 2. The first-order chi connectivity index (χ1) is 25.8. The highest BCUT2D eigenvalue weighted by atomic mass is 31.1. The average Bonchev–Trinajstić information content (AvgIpc) is 3.77. The van der Waals surface area contributed by atoms with Crippen molar-refractivity contribution >= 4 is 67.6 Å². The lowest BCUT2D eigenvalue weighted by atomic mass is 9.62. The van der Waals surface area contributed by atoms with Gasteiger partial charge in [0.15, 0.2) is 0 Å². The third kappa shape index (κ3) is 3.53. The second-order valence-electron chi connectivity index (χ2n) is 14.0. The zero-order valence-corrected chi connectivity index (χ0v) is 29.0. The van der Waals surface area contributed by atoms with E-state index < -0.39 is 13.3 Å². The van der Waals surface area contributed by atoms with Crippen LogP contribution in [0.2, 0.25) is 0 Å². The molecule has 0 amide bonds. The summed E-state index contributed by atoms with van der Waals surface area (Å²) in [6.07, 6.45) is 0. The fourth-order valence-corrected chi connectivity index (χ4v) is 12.3. The minimum atomic E-state index is -0.847. The predicted octanol–water partition coefficient (Wildman–Crippen LogP) is 11.1. The Balaban J connectivity index is 1.27. The summed E-state index contributed by atoms with van der Waals surface area (Å²) in [5, 5.41) is 9.05. The molecule has 0 saturated heterocycles. The molecule has 2 unspecified atom stereocenters. The normalized spacial score (nSPS) is 17.1. The number of nitrogens with zero attached hydrogens (tertiary/aromatic N) is 1. The van der Waals surface area contributed by atoms with E-state index in [0.717, 1.165) is 27.5 Å². The van der Waals surface area contributed by atoms with E-state index in [9.17, 15) is 0 Å². The molecule has 0 radical (unpaired) electrons. The van der Waals surface area contributed by atoms with E-state index >= 15 is 0 Å². The lowest BCUT2D eigenvalue weighted by Crippen LogP contribution is -2.47. The molecule has 242 valence electrons. The minimum Gasteiger partial charge on any atom is -0.455 e. The Kier molecular flexibility index (Phi) is 5.71. The third-order valence-electron chi connectivity index (χ3n) is 11.6. The van der Waals surface area contributed by atoms with Gasteiger partial charge in [0, 0.05) is 27.1 Å². The van der Waals surface area contributed by atoms with Gasteiger partial charge in [-0.1, -0.05) is 158 Å². The Hall–Kier alpha value is -6.21. The summed E-state index contributed by atoms with van der Waals surface area (Å²) in [4.78, 5) is 0. The summed E-state index contributed by atoms with van der Waals surface area (Å²) in [5.41, 5.74) is 12.7. The first-order valence-corrected chi connectivity index (χ1v) is 19.3. The Bertz CT molecular complexity index is 3100. The number of furan rings is 1. The molecular formula is C49H30NOP. The highest BCUT2D eigenvalue weighted by Gasteiger charge is 2.51. The Morgan fingerprint density at radius 1 is 0.462 bits per heavy atom. The number of benzene rings is 8. The minimum absolute atomic E-state index is 0.558. The van der Waals surface area contributed by atoms with Crippen LogP contribution in [-0.2, 0) is 5.41 Å². The Labute approximate surface area is 302 Å². The van der Waals surface area contributed by atoms with Crippen molar-refractivity contribution in [3.05, 3.63) is 204 Å². The number of hydrogen-bond donors (Lipinski definition) is 0. The zero-order chi connectivity index (χ0) is 34.0. The molecule has 1 spiro atoms. The van der Waals surface area contributed by atoms with E-state index in [-0.39, 0.29) is 0 Å². The molecular weight excluding hydrogens is 650 g/mol. The van der Waals surface area contributed by atoms with E-state index in [0.29, 0.717) is 0 Å². The molecule has 2 aliphatic rings. The topological polar surface area (TPSA) is 18.1 Å². The predicted molar refractivity (Wildman–Crippen MR) is 218 cm³/mol. The van der Waals surface area contributed by atoms with Gasteiger partial charge in [0.2, 0.25) is 0 Å². The van der Waals surface area contributed by atoms with Gasteiger partial charge >= 0.3 is 0 Å². The van der Waals surface area contributed by atoms with Crippen LogP contribution in [0.1, 0.15) is 22.3 Å². The lowest BCUT2D eigenvalue weighted by Gasteiger charge is -2.48. The van der Waals surface area contributed by atoms with Crippen LogP contribution in [0.5, 0.6) is 0 Å². The summed E-state index contributed by atoms with van der Waals surface area (Å²) >= 11 is 0. The summed E-state index contributed by atoms with van der Waals surface area (Å²) in [6.45, 7) is 0. The van der Waals surface area contributed by atoms with E-state index in [1.165, 1.54) is 71.2 Å². The smallest absolute Gasteiger partial charge is 0.143 e. The molecule has 4 heterocycles. The van der Waals surface area contributed by atoms with Crippen molar-refractivity contribution in [2.45, 2.75) is 5.41 Å². The highest BCUT2D eigenvalue weighted by molar-refractivity contribution is 7.80. The molecule has 2 nitrogen and oxygen atoms in total.